The quantitative estimate of drug-likeness (QED) is 0.596. The average Bonchev–Trinajstić information content (AvgIpc) is 2.06. The third-order valence-corrected chi connectivity index (χ3v) is 4.69. The summed E-state index contributed by atoms with van der Waals surface area (Å²) in [4.78, 5) is 3.55. The zero-order chi connectivity index (χ0) is 11.8. The number of nitrogens with two attached hydrogens (primary N) is 1. The van der Waals surface area contributed by atoms with Gasteiger partial charge < -0.3 is 0 Å². The molecule has 1 aromatic rings. The fourth-order valence-corrected chi connectivity index (χ4v) is 2.36. The van der Waals surface area contributed by atoms with Gasteiger partial charge in [-0.2, -0.15) is 0 Å². The second-order valence-corrected chi connectivity index (χ2v) is 5.84. The minimum Gasteiger partial charge on any atom is -0.227 e. The van der Waals surface area contributed by atoms with Crippen LogP contribution in [0.3, 0.4) is 0 Å². The van der Waals surface area contributed by atoms with E-state index in [0.29, 0.717) is 0 Å². The molecule has 0 unspecified atom stereocenters. The standard InChI is InChI=1S/C6H4BrF2IN2O2S/c7-5-4(10)2(6(8)9)1-3(12-5)15(11,13)14/h1,6H,(H2,11,13,14). The summed E-state index contributed by atoms with van der Waals surface area (Å²) in [5.74, 6) is 0. The molecule has 15 heavy (non-hydrogen) atoms. The number of nitrogens with zero attached hydrogens (tertiary/aromatic N) is 1. The van der Waals surface area contributed by atoms with Gasteiger partial charge in [-0.25, -0.2) is 27.3 Å². The Balaban J connectivity index is 3.50. The number of pyridine rings is 1. The molecule has 0 saturated heterocycles. The molecule has 0 amide bonds. The number of hydrogen-bond donors (Lipinski definition) is 1. The van der Waals surface area contributed by atoms with Gasteiger partial charge in [0.2, 0.25) is 0 Å². The second-order valence-electron chi connectivity index (χ2n) is 2.50. The SMILES string of the molecule is NS(=O)(=O)c1cc(C(F)F)c(I)c(Br)n1. The molecule has 1 heterocycles. The van der Waals surface area contributed by atoms with Gasteiger partial charge in [-0.15, -0.1) is 0 Å². The molecule has 0 atom stereocenters. The van der Waals surface area contributed by atoms with Crippen molar-refractivity contribution in [1.82, 2.24) is 4.98 Å². The van der Waals surface area contributed by atoms with E-state index in [4.69, 9.17) is 5.14 Å². The number of alkyl halides is 2. The van der Waals surface area contributed by atoms with Crippen LogP contribution in [-0.4, -0.2) is 13.4 Å². The zero-order valence-electron chi connectivity index (χ0n) is 6.92. The molecule has 0 spiro atoms. The number of sulfonamides is 1. The van der Waals surface area contributed by atoms with Crippen molar-refractivity contribution in [3.05, 3.63) is 19.8 Å². The highest BCUT2D eigenvalue weighted by Crippen LogP contribution is 2.30. The summed E-state index contributed by atoms with van der Waals surface area (Å²) >= 11 is 4.53. The van der Waals surface area contributed by atoms with Crippen LogP contribution in [0, 0.1) is 3.57 Å². The zero-order valence-corrected chi connectivity index (χ0v) is 11.5. The summed E-state index contributed by atoms with van der Waals surface area (Å²) in [7, 11) is -4.08. The summed E-state index contributed by atoms with van der Waals surface area (Å²) in [6.45, 7) is 0. The van der Waals surface area contributed by atoms with Gasteiger partial charge in [0, 0.05) is 5.56 Å². The van der Waals surface area contributed by atoms with Gasteiger partial charge in [0.25, 0.3) is 16.4 Å². The molecule has 0 fully saturated rings. The van der Waals surface area contributed by atoms with Crippen LogP contribution in [0.2, 0.25) is 0 Å². The van der Waals surface area contributed by atoms with E-state index in [1.807, 2.05) is 0 Å². The van der Waals surface area contributed by atoms with Gasteiger partial charge in [-0.3, -0.25) is 0 Å². The van der Waals surface area contributed by atoms with Crippen LogP contribution in [0.4, 0.5) is 8.78 Å². The van der Waals surface area contributed by atoms with E-state index in [-0.39, 0.29) is 8.17 Å². The summed E-state index contributed by atoms with van der Waals surface area (Å²) in [5, 5.41) is 4.21. The lowest BCUT2D eigenvalue weighted by atomic mass is 10.3. The summed E-state index contributed by atoms with van der Waals surface area (Å²) in [6, 6.07) is 0.770. The Morgan fingerprint density at radius 2 is 2.07 bits per heavy atom. The minimum absolute atomic E-state index is 0.0323. The van der Waals surface area contributed by atoms with Crippen molar-refractivity contribution >= 4 is 48.5 Å². The highest BCUT2D eigenvalue weighted by atomic mass is 127. The number of hydrogen-bond acceptors (Lipinski definition) is 3. The summed E-state index contributed by atoms with van der Waals surface area (Å²) in [6.07, 6.45) is -2.78. The molecule has 0 aliphatic heterocycles. The van der Waals surface area contributed by atoms with Gasteiger partial charge in [0.1, 0.15) is 4.60 Å². The lowest BCUT2D eigenvalue weighted by Crippen LogP contribution is -2.15. The van der Waals surface area contributed by atoms with Crippen molar-refractivity contribution in [3.63, 3.8) is 0 Å². The third kappa shape index (κ3) is 3.04. The van der Waals surface area contributed by atoms with Crippen molar-refractivity contribution < 1.29 is 17.2 Å². The molecule has 0 aliphatic carbocycles. The average molecular weight is 413 g/mol. The first-order valence-electron chi connectivity index (χ1n) is 3.40. The molecule has 1 rings (SSSR count). The predicted octanol–water partition coefficient (Wildman–Crippen LogP) is 2.03. The Morgan fingerprint density at radius 3 is 2.47 bits per heavy atom. The maximum absolute atomic E-state index is 12.5. The van der Waals surface area contributed by atoms with Crippen molar-refractivity contribution in [2.24, 2.45) is 5.14 Å². The number of halogens is 4. The molecule has 1 aromatic heterocycles. The predicted molar refractivity (Wildman–Crippen MR) is 61.0 cm³/mol. The summed E-state index contributed by atoms with van der Waals surface area (Å²) in [5.41, 5.74) is -0.415. The Hall–Kier alpha value is 0.130. The minimum atomic E-state index is -4.08. The van der Waals surface area contributed by atoms with Crippen molar-refractivity contribution in [3.8, 4) is 0 Å². The molecule has 0 aromatic carbocycles. The Morgan fingerprint density at radius 1 is 1.53 bits per heavy atom. The van der Waals surface area contributed by atoms with Crippen LogP contribution in [0.25, 0.3) is 0 Å². The number of rotatable bonds is 2. The Labute approximate surface area is 107 Å². The highest BCUT2D eigenvalue weighted by molar-refractivity contribution is 14.1. The van der Waals surface area contributed by atoms with Crippen LogP contribution in [0.1, 0.15) is 12.0 Å². The van der Waals surface area contributed by atoms with Crippen LogP contribution < -0.4 is 5.14 Å². The van der Waals surface area contributed by atoms with Crippen LogP contribution in [0.15, 0.2) is 15.7 Å². The number of aromatic nitrogens is 1. The van der Waals surface area contributed by atoms with E-state index in [1.165, 1.54) is 0 Å². The van der Waals surface area contributed by atoms with E-state index in [1.54, 1.807) is 22.6 Å². The lowest BCUT2D eigenvalue weighted by molar-refractivity contribution is 0.150. The molecule has 9 heteroatoms. The van der Waals surface area contributed by atoms with Gasteiger partial charge in [0.05, 0.1) is 3.57 Å². The first-order valence-corrected chi connectivity index (χ1v) is 6.82. The van der Waals surface area contributed by atoms with Gasteiger partial charge in [-0.1, -0.05) is 0 Å². The topological polar surface area (TPSA) is 73.1 Å². The van der Waals surface area contributed by atoms with Crippen LogP contribution >= 0.6 is 38.5 Å². The Kier molecular flexibility index (Phi) is 4.01. The summed E-state index contributed by atoms with van der Waals surface area (Å²) < 4.78 is 47.0. The molecule has 2 N–H and O–H groups in total. The van der Waals surface area contributed by atoms with Crippen LogP contribution in [0.5, 0.6) is 0 Å². The monoisotopic (exact) mass is 412 g/mol. The van der Waals surface area contributed by atoms with Gasteiger partial charge in [0.15, 0.2) is 5.03 Å². The van der Waals surface area contributed by atoms with E-state index in [2.05, 4.69) is 20.9 Å². The highest BCUT2D eigenvalue weighted by Gasteiger charge is 2.20. The fraction of sp³-hybridized carbons (Fsp3) is 0.167. The molecule has 0 saturated carbocycles. The van der Waals surface area contributed by atoms with Crippen molar-refractivity contribution in [2.45, 2.75) is 11.5 Å². The maximum atomic E-state index is 12.5. The molecule has 0 bridgehead atoms. The van der Waals surface area contributed by atoms with E-state index < -0.39 is 27.0 Å². The van der Waals surface area contributed by atoms with Crippen LogP contribution in [-0.2, 0) is 10.0 Å². The van der Waals surface area contributed by atoms with Crippen molar-refractivity contribution in [1.29, 1.82) is 0 Å². The molecule has 0 aliphatic rings. The normalized spacial score (nSPS) is 12.1. The van der Waals surface area contributed by atoms with Crippen molar-refractivity contribution in [2.75, 3.05) is 0 Å². The molecular weight excluding hydrogens is 409 g/mol. The third-order valence-electron chi connectivity index (χ3n) is 1.45. The number of primary sulfonamides is 1. The lowest BCUT2D eigenvalue weighted by Gasteiger charge is -2.06. The molecule has 4 nitrogen and oxygen atoms in total. The smallest absolute Gasteiger partial charge is 0.227 e. The fourth-order valence-electron chi connectivity index (χ4n) is 0.798. The van der Waals surface area contributed by atoms with E-state index in [0.717, 1.165) is 6.07 Å². The van der Waals surface area contributed by atoms with E-state index in [9.17, 15) is 17.2 Å². The molecular formula is C6H4BrF2IN2O2S. The Bertz CT molecular complexity index is 494. The van der Waals surface area contributed by atoms with E-state index >= 15 is 0 Å². The second kappa shape index (κ2) is 4.55. The molecule has 0 radical (unpaired) electrons. The van der Waals surface area contributed by atoms with Gasteiger partial charge >= 0.3 is 0 Å². The maximum Gasteiger partial charge on any atom is 0.265 e. The first kappa shape index (κ1) is 13.2. The molecule has 84 valence electrons. The first-order chi connectivity index (χ1) is 6.73. The van der Waals surface area contributed by atoms with Gasteiger partial charge in [-0.05, 0) is 44.6 Å². The largest absolute Gasteiger partial charge is 0.265 e.